The highest BCUT2D eigenvalue weighted by atomic mass is 32.1. The van der Waals surface area contributed by atoms with Gasteiger partial charge in [-0.1, -0.05) is 0 Å². The van der Waals surface area contributed by atoms with Crippen LogP contribution in [0.2, 0.25) is 0 Å². The molecule has 2 rings (SSSR count). The fourth-order valence-corrected chi connectivity index (χ4v) is 2.28. The number of carboxylic acids is 1. The Bertz CT molecular complexity index is 606. The van der Waals surface area contributed by atoms with Crippen molar-refractivity contribution in [1.82, 2.24) is 4.98 Å². The molecule has 0 bridgehead atoms. The van der Waals surface area contributed by atoms with Crippen molar-refractivity contribution in [2.75, 3.05) is 7.11 Å². The molecule has 0 unspecified atom stereocenters. The van der Waals surface area contributed by atoms with E-state index in [-0.39, 0.29) is 11.4 Å². The van der Waals surface area contributed by atoms with E-state index in [2.05, 4.69) is 4.98 Å². The van der Waals surface area contributed by atoms with Crippen molar-refractivity contribution in [1.29, 1.82) is 0 Å². The van der Waals surface area contributed by atoms with Gasteiger partial charge in [-0.15, -0.1) is 11.3 Å². The summed E-state index contributed by atoms with van der Waals surface area (Å²) in [6.07, 6.45) is 2.27. The Morgan fingerprint density at radius 2 is 2.28 bits per heavy atom. The summed E-state index contributed by atoms with van der Waals surface area (Å²) in [4.78, 5) is 27.0. The average Bonchev–Trinajstić information content (AvgIpc) is 2.86. The summed E-state index contributed by atoms with van der Waals surface area (Å²) in [6.45, 7) is 0. The SMILES string of the molecule is COc1ncc(-c2ccc(C=O)s2)cc1C(=O)O. The Kier molecular flexibility index (Phi) is 3.38. The topological polar surface area (TPSA) is 76.5 Å². The molecule has 0 saturated carbocycles. The summed E-state index contributed by atoms with van der Waals surface area (Å²) in [5.74, 6) is -1.04. The highest BCUT2D eigenvalue weighted by Crippen LogP contribution is 2.29. The molecule has 0 radical (unpaired) electrons. The molecule has 0 saturated heterocycles. The minimum absolute atomic E-state index is 0.00365. The normalized spacial score (nSPS) is 10.1. The van der Waals surface area contributed by atoms with E-state index in [1.165, 1.54) is 30.7 Å². The predicted molar refractivity (Wildman–Crippen MR) is 66.4 cm³/mol. The average molecular weight is 263 g/mol. The van der Waals surface area contributed by atoms with Crippen molar-refractivity contribution in [2.45, 2.75) is 0 Å². The van der Waals surface area contributed by atoms with Crippen LogP contribution >= 0.6 is 11.3 Å². The van der Waals surface area contributed by atoms with Crippen molar-refractivity contribution >= 4 is 23.6 Å². The van der Waals surface area contributed by atoms with Gasteiger partial charge < -0.3 is 9.84 Å². The van der Waals surface area contributed by atoms with Gasteiger partial charge in [-0.3, -0.25) is 4.79 Å². The molecule has 0 amide bonds. The summed E-state index contributed by atoms with van der Waals surface area (Å²) in [5, 5.41) is 9.05. The van der Waals surface area contributed by atoms with E-state index in [0.717, 1.165) is 11.2 Å². The lowest BCUT2D eigenvalue weighted by atomic mass is 10.1. The van der Waals surface area contributed by atoms with Crippen molar-refractivity contribution in [3.05, 3.63) is 34.8 Å². The van der Waals surface area contributed by atoms with Crippen LogP contribution in [0.25, 0.3) is 10.4 Å². The minimum atomic E-state index is -1.10. The molecule has 0 fully saturated rings. The molecule has 18 heavy (non-hydrogen) atoms. The summed E-state index contributed by atoms with van der Waals surface area (Å²) in [6, 6.07) is 4.91. The predicted octanol–water partition coefficient (Wildman–Crippen LogP) is 2.33. The first-order valence-electron chi connectivity index (χ1n) is 4.98. The quantitative estimate of drug-likeness (QED) is 0.857. The Morgan fingerprint density at radius 3 is 2.83 bits per heavy atom. The number of aromatic nitrogens is 1. The van der Waals surface area contributed by atoms with Gasteiger partial charge in [0.1, 0.15) is 5.56 Å². The van der Waals surface area contributed by atoms with Crippen LogP contribution in [-0.2, 0) is 0 Å². The lowest BCUT2D eigenvalue weighted by molar-refractivity contribution is 0.0692. The molecule has 1 N–H and O–H groups in total. The van der Waals surface area contributed by atoms with Crippen LogP contribution in [0.15, 0.2) is 24.4 Å². The number of nitrogens with zero attached hydrogens (tertiary/aromatic N) is 1. The minimum Gasteiger partial charge on any atom is -0.480 e. The van der Waals surface area contributed by atoms with Gasteiger partial charge in [0.05, 0.1) is 12.0 Å². The monoisotopic (exact) mass is 263 g/mol. The van der Waals surface area contributed by atoms with E-state index in [1.807, 2.05) is 0 Å². The van der Waals surface area contributed by atoms with E-state index < -0.39 is 5.97 Å². The van der Waals surface area contributed by atoms with E-state index in [1.54, 1.807) is 12.1 Å². The molecule has 0 spiro atoms. The Balaban J connectivity index is 2.49. The summed E-state index contributed by atoms with van der Waals surface area (Å²) >= 11 is 1.28. The highest BCUT2D eigenvalue weighted by molar-refractivity contribution is 7.17. The first-order valence-corrected chi connectivity index (χ1v) is 5.80. The molecule has 6 heteroatoms. The van der Waals surface area contributed by atoms with Crippen molar-refractivity contribution in [3.8, 4) is 16.3 Å². The lowest BCUT2D eigenvalue weighted by Crippen LogP contribution is -2.02. The molecule has 2 aromatic rings. The van der Waals surface area contributed by atoms with E-state index in [4.69, 9.17) is 9.84 Å². The Labute approximate surface area is 107 Å². The number of carbonyl (C=O) groups excluding carboxylic acids is 1. The maximum atomic E-state index is 11.1. The van der Waals surface area contributed by atoms with Crippen molar-refractivity contribution < 1.29 is 19.4 Å². The van der Waals surface area contributed by atoms with Gasteiger partial charge >= 0.3 is 5.97 Å². The van der Waals surface area contributed by atoms with Gasteiger partial charge in [0.15, 0.2) is 6.29 Å². The van der Waals surface area contributed by atoms with Gasteiger partial charge in [-0.05, 0) is 18.2 Å². The fourth-order valence-electron chi connectivity index (χ4n) is 1.47. The molecule has 0 atom stereocenters. The molecule has 2 aromatic heterocycles. The summed E-state index contributed by atoms with van der Waals surface area (Å²) < 4.78 is 4.88. The van der Waals surface area contributed by atoms with Crippen LogP contribution in [0.4, 0.5) is 0 Å². The van der Waals surface area contributed by atoms with Crippen LogP contribution in [0.5, 0.6) is 5.88 Å². The third-order valence-electron chi connectivity index (χ3n) is 2.30. The molecular weight excluding hydrogens is 254 g/mol. The standard InChI is InChI=1S/C12H9NO4S/c1-17-11-9(12(15)16)4-7(5-13-11)10-3-2-8(6-14)18-10/h2-6H,1H3,(H,15,16). The maximum Gasteiger partial charge on any atom is 0.341 e. The zero-order chi connectivity index (χ0) is 13.1. The zero-order valence-corrected chi connectivity index (χ0v) is 10.2. The number of carboxylic acid groups (broad SMARTS) is 1. The van der Waals surface area contributed by atoms with Crippen molar-refractivity contribution in [2.24, 2.45) is 0 Å². The molecule has 0 aliphatic heterocycles. The maximum absolute atomic E-state index is 11.1. The first kappa shape index (κ1) is 12.3. The second-order valence-electron chi connectivity index (χ2n) is 3.41. The van der Waals surface area contributed by atoms with Gasteiger partial charge in [0.2, 0.25) is 5.88 Å². The van der Waals surface area contributed by atoms with Crippen LogP contribution in [0.3, 0.4) is 0 Å². The van der Waals surface area contributed by atoms with Crippen LogP contribution in [0, 0.1) is 0 Å². The fraction of sp³-hybridized carbons (Fsp3) is 0.0833. The first-order chi connectivity index (χ1) is 8.65. The van der Waals surface area contributed by atoms with Crippen LogP contribution < -0.4 is 4.74 Å². The van der Waals surface area contributed by atoms with Crippen LogP contribution in [0.1, 0.15) is 20.0 Å². The lowest BCUT2D eigenvalue weighted by Gasteiger charge is -2.05. The molecule has 0 aromatic carbocycles. The zero-order valence-electron chi connectivity index (χ0n) is 9.41. The number of methoxy groups -OCH3 is 1. The molecule has 92 valence electrons. The number of rotatable bonds is 4. The number of aromatic carboxylic acids is 1. The van der Waals surface area contributed by atoms with E-state index in [0.29, 0.717) is 10.4 Å². The third-order valence-corrected chi connectivity index (χ3v) is 3.36. The van der Waals surface area contributed by atoms with Crippen molar-refractivity contribution in [3.63, 3.8) is 0 Å². The number of hydrogen-bond acceptors (Lipinski definition) is 5. The number of carbonyl (C=O) groups is 2. The summed E-state index contributed by atoms with van der Waals surface area (Å²) in [5.41, 5.74) is 0.641. The summed E-state index contributed by atoms with van der Waals surface area (Å²) in [7, 11) is 1.37. The second-order valence-corrected chi connectivity index (χ2v) is 4.52. The van der Waals surface area contributed by atoms with E-state index in [9.17, 15) is 9.59 Å². The van der Waals surface area contributed by atoms with Gasteiger partial charge in [-0.2, -0.15) is 0 Å². The molecule has 2 heterocycles. The number of pyridine rings is 1. The van der Waals surface area contributed by atoms with Gasteiger partial charge in [0.25, 0.3) is 0 Å². The number of aldehydes is 1. The Morgan fingerprint density at radius 1 is 1.50 bits per heavy atom. The number of hydrogen-bond donors (Lipinski definition) is 1. The van der Waals surface area contributed by atoms with Crippen LogP contribution in [-0.4, -0.2) is 29.5 Å². The highest BCUT2D eigenvalue weighted by Gasteiger charge is 2.14. The third kappa shape index (κ3) is 2.23. The number of thiophene rings is 1. The molecule has 0 aliphatic carbocycles. The largest absolute Gasteiger partial charge is 0.480 e. The van der Waals surface area contributed by atoms with E-state index >= 15 is 0 Å². The second kappa shape index (κ2) is 4.97. The van der Waals surface area contributed by atoms with Gasteiger partial charge in [0, 0.05) is 16.6 Å². The molecule has 0 aliphatic rings. The molecule has 5 nitrogen and oxygen atoms in total. The smallest absolute Gasteiger partial charge is 0.341 e. The Hall–Kier alpha value is -2.21. The number of ether oxygens (including phenoxy) is 1. The molecular formula is C12H9NO4S. The van der Waals surface area contributed by atoms with Gasteiger partial charge in [-0.25, -0.2) is 9.78 Å².